The number of methoxy groups -OCH3 is 1. The lowest BCUT2D eigenvalue weighted by Crippen LogP contribution is -2.27. The molecule has 1 N–H and O–H groups in total. The van der Waals surface area contributed by atoms with E-state index in [1.165, 1.54) is 23.8 Å². The topological polar surface area (TPSA) is 81.0 Å². The first-order chi connectivity index (χ1) is 16.9. The summed E-state index contributed by atoms with van der Waals surface area (Å²) in [6, 6.07) is 14.6. The van der Waals surface area contributed by atoms with E-state index in [1.807, 2.05) is 31.2 Å². The number of carbonyl (C=O) groups excluding carboxylic acids is 2. The maximum Gasteiger partial charge on any atom is 0.266 e. The first-order valence-electron chi connectivity index (χ1n) is 10.5. The highest BCUT2D eigenvalue weighted by molar-refractivity contribution is 9.10. The van der Waals surface area contributed by atoms with Gasteiger partial charge in [0.15, 0.2) is 18.1 Å². The number of amides is 2. The Hall–Kier alpha value is -3.08. The summed E-state index contributed by atoms with van der Waals surface area (Å²) in [5.74, 6) is 0.965. The Bertz CT molecular complexity index is 1310. The highest BCUT2D eigenvalue weighted by Gasteiger charge is 2.32. The number of benzene rings is 2. The van der Waals surface area contributed by atoms with Crippen molar-refractivity contribution < 1.29 is 23.5 Å². The Morgan fingerprint density at radius 2 is 2.06 bits per heavy atom. The van der Waals surface area contributed by atoms with E-state index in [9.17, 15) is 9.59 Å². The lowest BCUT2D eigenvalue weighted by Gasteiger charge is -2.14. The highest BCUT2D eigenvalue weighted by atomic mass is 79.9. The molecule has 2 aromatic carbocycles. The molecule has 10 heteroatoms. The van der Waals surface area contributed by atoms with E-state index in [2.05, 4.69) is 21.2 Å². The third-order valence-electron chi connectivity index (χ3n) is 5.08. The summed E-state index contributed by atoms with van der Waals surface area (Å²) in [5.41, 5.74) is 2.40. The fourth-order valence-electron chi connectivity index (χ4n) is 3.35. The van der Waals surface area contributed by atoms with Crippen LogP contribution in [0.2, 0.25) is 0 Å². The second-order valence-electron chi connectivity index (χ2n) is 7.53. The number of thioether (sulfide) groups is 1. The molecule has 2 heterocycles. The van der Waals surface area contributed by atoms with E-state index in [1.54, 1.807) is 36.6 Å². The molecule has 0 saturated carbocycles. The number of halogens is 1. The lowest BCUT2D eigenvalue weighted by atomic mass is 10.2. The Balaban J connectivity index is 1.47. The van der Waals surface area contributed by atoms with Crippen molar-refractivity contribution in [1.29, 1.82) is 0 Å². The van der Waals surface area contributed by atoms with Crippen LogP contribution in [0.5, 0.6) is 11.5 Å². The summed E-state index contributed by atoms with van der Waals surface area (Å²) >= 11 is 10.1. The molecule has 1 aliphatic rings. The van der Waals surface area contributed by atoms with Crippen LogP contribution in [0.4, 0.5) is 5.69 Å². The van der Waals surface area contributed by atoms with E-state index in [0.29, 0.717) is 36.5 Å². The maximum atomic E-state index is 12.9. The quantitative estimate of drug-likeness (QED) is 0.270. The van der Waals surface area contributed by atoms with Gasteiger partial charge in [0, 0.05) is 5.69 Å². The fraction of sp³-hybridized carbons (Fsp3) is 0.160. The van der Waals surface area contributed by atoms with E-state index >= 15 is 0 Å². The van der Waals surface area contributed by atoms with Gasteiger partial charge in [0.25, 0.3) is 11.8 Å². The number of para-hydroxylation sites is 1. The predicted molar refractivity (Wildman–Crippen MR) is 143 cm³/mol. The molecule has 0 aliphatic carbocycles. The zero-order chi connectivity index (χ0) is 24.9. The molecule has 35 heavy (non-hydrogen) atoms. The molecule has 180 valence electrons. The second-order valence-corrected chi connectivity index (χ2v) is 10.1. The SMILES string of the molecule is COc1cc(/C=C2\SC(=S)N(Cc3ccco3)C2=O)cc(Br)c1OCC(=O)Nc1ccccc1C. The van der Waals surface area contributed by atoms with E-state index in [-0.39, 0.29) is 25.0 Å². The molecule has 0 atom stereocenters. The summed E-state index contributed by atoms with van der Waals surface area (Å²) in [7, 11) is 1.51. The van der Waals surface area contributed by atoms with Crippen LogP contribution in [-0.4, -0.2) is 34.8 Å². The summed E-state index contributed by atoms with van der Waals surface area (Å²) in [5, 5.41) is 2.83. The van der Waals surface area contributed by atoms with E-state index in [4.69, 9.17) is 26.1 Å². The molecule has 1 saturated heterocycles. The molecule has 4 rings (SSSR count). The highest BCUT2D eigenvalue weighted by Crippen LogP contribution is 2.39. The number of carbonyl (C=O) groups is 2. The van der Waals surface area contributed by atoms with Gasteiger partial charge >= 0.3 is 0 Å². The number of nitrogens with one attached hydrogen (secondary N) is 1. The average molecular weight is 573 g/mol. The number of ether oxygens (including phenoxy) is 2. The third kappa shape index (κ3) is 5.95. The van der Waals surface area contributed by atoms with Crippen molar-refractivity contribution >= 4 is 67.8 Å². The third-order valence-corrected chi connectivity index (χ3v) is 7.05. The van der Waals surface area contributed by atoms with Crippen LogP contribution in [0.3, 0.4) is 0 Å². The van der Waals surface area contributed by atoms with Crippen molar-refractivity contribution in [2.75, 3.05) is 19.0 Å². The zero-order valence-corrected chi connectivity index (χ0v) is 22.1. The smallest absolute Gasteiger partial charge is 0.266 e. The number of thiocarbonyl (C=S) groups is 1. The minimum atomic E-state index is -0.294. The summed E-state index contributed by atoms with van der Waals surface area (Å²) < 4.78 is 17.6. The maximum absolute atomic E-state index is 12.9. The number of anilines is 1. The van der Waals surface area contributed by atoms with Gasteiger partial charge < -0.3 is 19.2 Å². The van der Waals surface area contributed by atoms with Crippen LogP contribution in [0.1, 0.15) is 16.9 Å². The van der Waals surface area contributed by atoms with Crippen LogP contribution in [0, 0.1) is 6.92 Å². The van der Waals surface area contributed by atoms with E-state index in [0.717, 1.165) is 11.3 Å². The Kier molecular flexibility index (Phi) is 7.94. The molecule has 0 bridgehead atoms. The normalized spacial score (nSPS) is 14.5. The Morgan fingerprint density at radius 1 is 1.26 bits per heavy atom. The number of rotatable bonds is 8. The molecule has 1 aliphatic heterocycles. The van der Waals surface area contributed by atoms with Crippen molar-refractivity contribution in [3.63, 3.8) is 0 Å². The molecule has 7 nitrogen and oxygen atoms in total. The minimum absolute atomic E-state index is 0.195. The number of hydrogen-bond donors (Lipinski definition) is 1. The van der Waals surface area contributed by atoms with Gasteiger partial charge in [0.2, 0.25) is 0 Å². The number of nitrogens with zero attached hydrogens (tertiary/aromatic N) is 1. The number of aryl methyl sites for hydroxylation is 1. The first kappa shape index (κ1) is 25.0. The van der Waals surface area contributed by atoms with Gasteiger partial charge in [0.1, 0.15) is 10.1 Å². The van der Waals surface area contributed by atoms with Gasteiger partial charge in [-0.1, -0.05) is 42.2 Å². The van der Waals surface area contributed by atoms with Gasteiger partial charge in [0.05, 0.1) is 29.3 Å². The number of furan rings is 1. The standard InChI is InChI=1S/C25H21BrN2O5S2/c1-15-6-3-4-8-19(15)27-22(29)14-33-23-18(26)10-16(11-20(23)31-2)12-21-24(30)28(25(34)35-21)13-17-7-5-9-32-17/h3-12H,13-14H2,1-2H3,(H,27,29)/b21-12-. The monoisotopic (exact) mass is 572 g/mol. The first-order valence-corrected chi connectivity index (χ1v) is 12.5. The second kappa shape index (κ2) is 11.1. The molecule has 0 radical (unpaired) electrons. The van der Waals surface area contributed by atoms with Gasteiger partial charge in [-0.15, -0.1) is 0 Å². The molecule has 0 unspecified atom stereocenters. The molecule has 2 amide bonds. The lowest BCUT2D eigenvalue weighted by molar-refractivity contribution is -0.122. The summed E-state index contributed by atoms with van der Waals surface area (Å²) in [4.78, 5) is 27.3. The van der Waals surface area contributed by atoms with Crippen LogP contribution in [0.15, 0.2) is 68.6 Å². The van der Waals surface area contributed by atoms with Crippen molar-refractivity contribution in [1.82, 2.24) is 4.90 Å². The molecule has 1 aromatic heterocycles. The summed E-state index contributed by atoms with van der Waals surface area (Å²) in [6.45, 7) is 1.99. The van der Waals surface area contributed by atoms with Gasteiger partial charge in [-0.2, -0.15) is 0 Å². The minimum Gasteiger partial charge on any atom is -0.493 e. The van der Waals surface area contributed by atoms with Crippen LogP contribution in [0.25, 0.3) is 6.08 Å². The summed E-state index contributed by atoms with van der Waals surface area (Å²) in [6.07, 6.45) is 3.30. The molecule has 0 spiro atoms. The van der Waals surface area contributed by atoms with Crippen molar-refractivity contribution in [3.05, 3.63) is 81.1 Å². The predicted octanol–water partition coefficient (Wildman–Crippen LogP) is 5.78. The molecular formula is C25H21BrN2O5S2. The van der Waals surface area contributed by atoms with Crippen molar-refractivity contribution in [3.8, 4) is 11.5 Å². The fourth-order valence-corrected chi connectivity index (χ4v) is 5.18. The number of hydrogen-bond acceptors (Lipinski definition) is 7. The molecular weight excluding hydrogens is 552 g/mol. The van der Waals surface area contributed by atoms with Crippen LogP contribution >= 0.6 is 39.9 Å². The van der Waals surface area contributed by atoms with Crippen LogP contribution < -0.4 is 14.8 Å². The van der Waals surface area contributed by atoms with Gasteiger partial charge in [-0.25, -0.2) is 0 Å². The van der Waals surface area contributed by atoms with Crippen molar-refractivity contribution in [2.45, 2.75) is 13.5 Å². The Labute approximate surface area is 220 Å². The average Bonchev–Trinajstić information content (AvgIpc) is 3.43. The molecule has 1 fully saturated rings. The molecule has 3 aromatic rings. The van der Waals surface area contributed by atoms with E-state index < -0.39 is 0 Å². The largest absolute Gasteiger partial charge is 0.493 e. The Morgan fingerprint density at radius 3 is 2.77 bits per heavy atom. The van der Waals surface area contributed by atoms with Gasteiger partial charge in [-0.3, -0.25) is 14.5 Å². The van der Waals surface area contributed by atoms with Crippen LogP contribution in [-0.2, 0) is 16.1 Å². The zero-order valence-electron chi connectivity index (χ0n) is 18.9. The van der Waals surface area contributed by atoms with Crippen molar-refractivity contribution in [2.24, 2.45) is 0 Å². The van der Waals surface area contributed by atoms with Gasteiger partial charge in [-0.05, 0) is 70.4 Å².